The molecule has 7 heteroatoms. The van der Waals surface area contributed by atoms with Crippen molar-refractivity contribution < 1.29 is 13.2 Å². The fourth-order valence-corrected chi connectivity index (χ4v) is 1.67. The number of nitrogens with two attached hydrogens (primary N) is 1. The molecule has 0 unspecified atom stereocenters. The highest BCUT2D eigenvalue weighted by atomic mass is 127. The van der Waals surface area contributed by atoms with Crippen LogP contribution in [-0.2, 0) is 0 Å². The maximum atomic E-state index is 12.8. The molecule has 0 amide bonds. The Balaban J connectivity index is 0.00000289. The zero-order chi connectivity index (χ0) is 13.1. The number of hydrogen-bond donors (Lipinski definition) is 2. The van der Waals surface area contributed by atoms with Crippen molar-refractivity contribution in [3.63, 3.8) is 0 Å². The normalized spacial score (nSPS) is 18.6. The van der Waals surface area contributed by atoms with E-state index >= 15 is 0 Å². The van der Waals surface area contributed by atoms with Crippen LogP contribution in [0.25, 0.3) is 0 Å². The molecule has 0 spiro atoms. The Kier molecular flexibility index (Phi) is 6.45. The molecular formula is C11H19F3IN3. The van der Waals surface area contributed by atoms with Crippen molar-refractivity contribution in [2.75, 3.05) is 13.1 Å². The first kappa shape index (κ1) is 17.5. The summed E-state index contributed by atoms with van der Waals surface area (Å²) in [4.78, 5) is 3.78. The Morgan fingerprint density at radius 1 is 1.44 bits per heavy atom. The van der Waals surface area contributed by atoms with Gasteiger partial charge in [0.1, 0.15) is 0 Å². The predicted octanol–water partition coefficient (Wildman–Crippen LogP) is 2.82. The molecule has 1 fully saturated rings. The lowest BCUT2D eigenvalue weighted by atomic mass is 9.68. The van der Waals surface area contributed by atoms with Gasteiger partial charge in [0, 0.05) is 6.54 Å². The van der Waals surface area contributed by atoms with Crippen LogP contribution in [0.5, 0.6) is 0 Å². The monoisotopic (exact) mass is 377 g/mol. The molecular weight excluding hydrogens is 358 g/mol. The van der Waals surface area contributed by atoms with Gasteiger partial charge < -0.3 is 11.1 Å². The van der Waals surface area contributed by atoms with Crippen LogP contribution in [0.3, 0.4) is 0 Å². The number of nitrogens with one attached hydrogen (secondary N) is 1. The molecule has 0 atom stereocenters. The highest BCUT2D eigenvalue weighted by molar-refractivity contribution is 14.0. The summed E-state index contributed by atoms with van der Waals surface area (Å²) in [5.74, 6) is 0.0449. The summed E-state index contributed by atoms with van der Waals surface area (Å²) in [5.41, 5.74) is 4.68. The first-order chi connectivity index (χ1) is 7.77. The van der Waals surface area contributed by atoms with Gasteiger partial charge in [-0.25, -0.2) is 0 Å². The van der Waals surface area contributed by atoms with Crippen LogP contribution < -0.4 is 11.1 Å². The minimum absolute atomic E-state index is 0. The zero-order valence-corrected chi connectivity index (χ0v) is 12.6. The molecule has 1 aliphatic carbocycles. The van der Waals surface area contributed by atoms with E-state index in [1.807, 2.05) is 0 Å². The third kappa shape index (κ3) is 4.33. The maximum absolute atomic E-state index is 12.8. The fraction of sp³-hybridized carbons (Fsp3) is 0.727. The van der Waals surface area contributed by atoms with Crippen molar-refractivity contribution in [1.82, 2.24) is 5.32 Å². The standard InChI is InChI=1S/C11H18F3N3.HI/c1-8(2)6-16-9(15)17-7-10(4-3-5-10)11(12,13)14;/h1,3-7H2,2H3,(H3,15,16,17);1H. The second kappa shape index (κ2) is 6.63. The van der Waals surface area contributed by atoms with Crippen LogP contribution in [-0.4, -0.2) is 25.2 Å². The second-order valence-electron chi connectivity index (χ2n) is 4.64. The average molecular weight is 377 g/mol. The highest BCUT2D eigenvalue weighted by Gasteiger charge is 2.57. The van der Waals surface area contributed by atoms with Crippen LogP contribution in [0.15, 0.2) is 17.1 Å². The van der Waals surface area contributed by atoms with Crippen LogP contribution in [0.4, 0.5) is 13.2 Å². The van der Waals surface area contributed by atoms with Crippen LogP contribution in [0.1, 0.15) is 26.2 Å². The number of guanidine groups is 1. The predicted molar refractivity (Wildman–Crippen MR) is 77.1 cm³/mol. The minimum atomic E-state index is -4.19. The van der Waals surface area contributed by atoms with Gasteiger partial charge in [-0.1, -0.05) is 18.6 Å². The highest BCUT2D eigenvalue weighted by Crippen LogP contribution is 2.53. The van der Waals surface area contributed by atoms with Gasteiger partial charge >= 0.3 is 6.18 Å². The minimum Gasteiger partial charge on any atom is -0.370 e. The van der Waals surface area contributed by atoms with E-state index in [0.29, 0.717) is 13.0 Å². The summed E-state index contributed by atoms with van der Waals surface area (Å²) in [6.45, 7) is 5.58. The third-order valence-electron chi connectivity index (χ3n) is 3.04. The number of hydrogen-bond acceptors (Lipinski definition) is 1. The van der Waals surface area contributed by atoms with Gasteiger partial charge in [-0.3, -0.25) is 4.99 Å². The van der Waals surface area contributed by atoms with E-state index in [0.717, 1.165) is 5.57 Å². The van der Waals surface area contributed by atoms with Crippen LogP contribution in [0, 0.1) is 5.41 Å². The van der Waals surface area contributed by atoms with Gasteiger partial charge in [-0.15, -0.1) is 24.0 Å². The van der Waals surface area contributed by atoms with Crippen LogP contribution >= 0.6 is 24.0 Å². The van der Waals surface area contributed by atoms with Gasteiger partial charge in [0.15, 0.2) is 5.96 Å². The van der Waals surface area contributed by atoms with Crippen molar-refractivity contribution in [3.8, 4) is 0 Å². The molecule has 0 saturated heterocycles. The topological polar surface area (TPSA) is 50.4 Å². The summed E-state index contributed by atoms with van der Waals surface area (Å²) in [7, 11) is 0. The molecule has 0 aromatic heterocycles. The van der Waals surface area contributed by atoms with Gasteiger partial charge in [-0.2, -0.15) is 13.2 Å². The molecule has 0 radical (unpaired) electrons. The Morgan fingerprint density at radius 2 is 2.00 bits per heavy atom. The molecule has 0 aliphatic heterocycles. The molecule has 1 aliphatic rings. The Morgan fingerprint density at radius 3 is 2.33 bits per heavy atom. The maximum Gasteiger partial charge on any atom is 0.396 e. The van der Waals surface area contributed by atoms with Gasteiger partial charge in [0.25, 0.3) is 0 Å². The number of rotatable bonds is 4. The molecule has 0 aromatic carbocycles. The lowest BCUT2D eigenvalue weighted by molar-refractivity contribution is -0.245. The van der Waals surface area contributed by atoms with Crippen molar-refractivity contribution in [2.24, 2.45) is 16.1 Å². The molecule has 0 aromatic rings. The van der Waals surface area contributed by atoms with E-state index < -0.39 is 11.6 Å². The first-order valence-electron chi connectivity index (χ1n) is 5.52. The van der Waals surface area contributed by atoms with Crippen LogP contribution in [0.2, 0.25) is 0 Å². The summed E-state index contributed by atoms with van der Waals surface area (Å²) < 4.78 is 38.3. The molecule has 1 saturated carbocycles. The lowest BCUT2D eigenvalue weighted by Crippen LogP contribution is -2.47. The molecule has 0 bridgehead atoms. The second-order valence-corrected chi connectivity index (χ2v) is 4.64. The van der Waals surface area contributed by atoms with E-state index in [1.165, 1.54) is 0 Å². The molecule has 106 valence electrons. The zero-order valence-electron chi connectivity index (χ0n) is 10.3. The molecule has 3 N–H and O–H groups in total. The Bertz CT molecular complexity index is 322. The van der Waals surface area contributed by atoms with Gasteiger partial charge in [-0.05, 0) is 19.8 Å². The van der Waals surface area contributed by atoms with E-state index in [-0.39, 0.29) is 49.3 Å². The summed E-state index contributed by atoms with van der Waals surface area (Å²) in [6.07, 6.45) is -3.29. The van der Waals surface area contributed by atoms with Gasteiger partial charge in [0.05, 0.1) is 12.0 Å². The molecule has 0 heterocycles. The van der Waals surface area contributed by atoms with E-state index in [2.05, 4.69) is 16.9 Å². The average Bonchev–Trinajstić information content (AvgIpc) is 2.10. The largest absolute Gasteiger partial charge is 0.396 e. The van der Waals surface area contributed by atoms with E-state index in [4.69, 9.17) is 5.73 Å². The lowest BCUT2D eigenvalue weighted by Gasteiger charge is -2.41. The quantitative estimate of drug-likeness (QED) is 0.343. The summed E-state index contributed by atoms with van der Waals surface area (Å²) in [5, 5.41) is 2.72. The molecule has 1 rings (SSSR count). The summed E-state index contributed by atoms with van der Waals surface area (Å²) >= 11 is 0. The Hall–Kier alpha value is -0.470. The third-order valence-corrected chi connectivity index (χ3v) is 3.04. The Labute approximate surface area is 122 Å². The number of aliphatic imine (C=N–C) groups is 1. The van der Waals surface area contributed by atoms with Crippen molar-refractivity contribution in [2.45, 2.75) is 32.4 Å². The molecule has 18 heavy (non-hydrogen) atoms. The van der Waals surface area contributed by atoms with E-state index in [9.17, 15) is 13.2 Å². The summed E-state index contributed by atoms with van der Waals surface area (Å²) in [6, 6.07) is 0. The van der Waals surface area contributed by atoms with E-state index in [1.54, 1.807) is 6.92 Å². The van der Waals surface area contributed by atoms with Crippen molar-refractivity contribution >= 4 is 29.9 Å². The number of alkyl halides is 3. The first-order valence-corrected chi connectivity index (χ1v) is 5.52. The number of halogens is 4. The SMILES string of the molecule is C=C(C)CNC(N)=NCC1(C(F)(F)F)CCC1.I. The smallest absolute Gasteiger partial charge is 0.370 e. The van der Waals surface area contributed by atoms with Crippen molar-refractivity contribution in [3.05, 3.63) is 12.2 Å². The number of nitrogens with zero attached hydrogens (tertiary/aromatic N) is 1. The van der Waals surface area contributed by atoms with Crippen molar-refractivity contribution in [1.29, 1.82) is 0 Å². The molecule has 3 nitrogen and oxygen atoms in total. The van der Waals surface area contributed by atoms with Gasteiger partial charge in [0.2, 0.25) is 0 Å². The fourth-order valence-electron chi connectivity index (χ4n) is 1.67.